The van der Waals surface area contributed by atoms with Gasteiger partial charge in [0.05, 0.1) is 11.4 Å². The quantitative estimate of drug-likeness (QED) is 0.559. The molecule has 1 heterocycles. The van der Waals surface area contributed by atoms with Gasteiger partial charge in [-0.3, -0.25) is 0 Å². The molecule has 1 fully saturated rings. The number of anilines is 2. The topological polar surface area (TPSA) is 38.5 Å². The van der Waals surface area contributed by atoms with Crippen LogP contribution in [0.15, 0.2) is 18.2 Å². The number of nitrogen functional groups attached to an aromatic ring is 1. The largest absolute Gasteiger partial charge is 0.414 e. The molecule has 1 aliphatic heterocycles. The predicted molar refractivity (Wildman–Crippen MR) is 109 cm³/mol. The predicted octanol–water partition coefficient (Wildman–Crippen LogP) is 5.55. The second kappa shape index (κ2) is 7.26. The molecule has 0 saturated carbocycles. The lowest BCUT2D eigenvalue weighted by Crippen LogP contribution is -2.46. The average molecular weight is 369 g/mol. The molecule has 1 atom stereocenters. The van der Waals surface area contributed by atoms with Crippen LogP contribution in [0.2, 0.25) is 23.2 Å². The van der Waals surface area contributed by atoms with Gasteiger partial charge in [-0.05, 0) is 62.0 Å². The maximum absolute atomic E-state index is 6.60. The summed E-state index contributed by atoms with van der Waals surface area (Å²) in [6, 6.07) is 5.79. The standard InChI is InChI=1S/C19H33ClN2OSi/c1-14(23-24(5,6)19(2,3)4)15-9-11-22(12-10-15)18-8-7-16(20)13-17(18)21/h7-8,13-15H,9-12,21H2,1-6H3/t14-/m0/s1. The van der Waals surface area contributed by atoms with Crippen molar-refractivity contribution in [3.63, 3.8) is 0 Å². The molecule has 0 amide bonds. The third-order valence-electron chi connectivity index (χ3n) is 5.82. The molecule has 1 aliphatic rings. The van der Waals surface area contributed by atoms with Gasteiger partial charge in [-0.1, -0.05) is 32.4 Å². The highest BCUT2D eigenvalue weighted by Crippen LogP contribution is 2.39. The molecule has 5 heteroatoms. The first-order valence-corrected chi connectivity index (χ1v) is 12.3. The summed E-state index contributed by atoms with van der Waals surface area (Å²) in [5, 5.41) is 0.960. The molecule has 0 unspecified atom stereocenters. The number of rotatable bonds is 4. The fourth-order valence-corrected chi connectivity index (χ4v) is 4.82. The Morgan fingerprint density at radius 3 is 2.33 bits per heavy atom. The fourth-order valence-electron chi connectivity index (χ4n) is 3.16. The molecule has 0 radical (unpaired) electrons. The van der Waals surface area contributed by atoms with E-state index in [-0.39, 0.29) is 5.04 Å². The minimum Gasteiger partial charge on any atom is -0.414 e. The molecule has 3 nitrogen and oxygen atoms in total. The lowest BCUT2D eigenvalue weighted by atomic mass is 9.92. The first kappa shape index (κ1) is 19.6. The second-order valence-electron chi connectivity index (χ2n) is 8.61. The molecule has 2 rings (SSSR count). The van der Waals surface area contributed by atoms with E-state index in [9.17, 15) is 0 Å². The lowest BCUT2D eigenvalue weighted by Gasteiger charge is -2.42. The van der Waals surface area contributed by atoms with Crippen molar-refractivity contribution in [2.24, 2.45) is 5.92 Å². The Bertz CT molecular complexity index is 563. The van der Waals surface area contributed by atoms with E-state index < -0.39 is 8.32 Å². The highest BCUT2D eigenvalue weighted by Gasteiger charge is 2.40. The van der Waals surface area contributed by atoms with Crippen LogP contribution in [0.4, 0.5) is 11.4 Å². The zero-order valence-electron chi connectivity index (χ0n) is 16.0. The zero-order valence-corrected chi connectivity index (χ0v) is 17.8. The van der Waals surface area contributed by atoms with Crippen LogP contribution in [0.1, 0.15) is 40.5 Å². The number of hydrogen-bond donors (Lipinski definition) is 1. The Morgan fingerprint density at radius 2 is 1.83 bits per heavy atom. The molecule has 0 aromatic heterocycles. The average Bonchev–Trinajstić information content (AvgIpc) is 2.46. The molecule has 136 valence electrons. The maximum atomic E-state index is 6.60. The number of nitrogens with zero attached hydrogens (tertiary/aromatic N) is 1. The highest BCUT2D eigenvalue weighted by molar-refractivity contribution is 6.74. The van der Waals surface area contributed by atoms with Gasteiger partial charge < -0.3 is 15.1 Å². The SMILES string of the molecule is C[C@H](O[Si](C)(C)C(C)(C)C)C1CCN(c2ccc(Cl)cc2N)CC1. The number of benzene rings is 1. The first-order chi connectivity index (χ1) is 11.0. The molecule has 0 aliphatic carbocycles. The molecule has 0 spiro atoms. The lowest BCUT2D eigenvalue weighted by molar-refractivity contribution is 0.118. The molecule has 24 heavy (non-hydrogen) atoms. The van der Waals surface area contributed by atoms with Gasteiger partial charge in [-0.15, -0.1) is 0 Å². The molecule has 1 saturated heterocycles. The third-order valence-corrected chi connectivity index (χ3v) is 10.6. The van der Waals surface area contributed by atoms with E-state index in [0.717, 1.165) is 37.3 Å². The second-order valence-corrected chi connectivity index (χ2v) is 13.8. The van der Waals surface area contributed by atoms with Gasteiger partial charge in [0.15, 0.2) is 8.32 Å². The van der Waals surface area contributed by atoms with Crippen molar-refractivity contribution in [3.05, 3.63) is 23.2 Å². The fraction of sp³-hybridized carbons (Fsp3) is 0.684. The van der Waals surface area contributed by atoms with Crippen LogP contribution < -0.4 is 10.6 Å². The van der Waals surface area contributed by atoms with E-state index in [1.165, 1.54) is 0 Å². The van der Waals surface area contributed by atoms with Gasteiger partial charge in [0, 0.05) is 24.2 Å². The van der Waals surface area contributed by atoms with Crippen molar-refractivity contribution < 1.29 is 4.43 Å². The van der Waals surface area contributed by atoms with Gasteiger partial charge in [-0.2, -0.15) is 0 Å². The van der Waals surface area contributed by atoms with Crippen LogP contribution >= 0.6 is 11.6 Å². The minimum atomic E-state index is -1.70. The monoisotopic (exact) mass is 368 g/mol. The van der Waals surface area contributed by atoms with Gasteiger partial charge >= 0.3 is 0 Å². The summed E-state index contributed by atoms with van der Waals surface area (Å²) in [6.07, 6.45) is 2.63. The van der Waals surface area contributed by atoms with E-state index in [1.807, 2.05) is 18.2 Å². The third kappa shape index (κ3) is 4.47. The van der Waals surface area contributed by atoms with Crippen molar-refractivity contribution in [1.82, 2.24) is 0 Å². The van der Waals surface area contributed by atoms with Gasteiger partial charge in [-0.25, -0.2) is 0 Å². The zero-order chi connectivity index (χ0) is 18.1. The van der Waals surface area contributed by atoms with Crippen LogP contribution in [0.3, 0.4) is 0 Å². The Balaban J connectivity index is 1.95. The molecule has 2 N–H and O–H groups in total. The number of hydrogen-bond acceptors (Lipinski definition) is 3. The summed E-state index contributed by atoms with van der Waals surface area (Å²) in [5.74, 6) is 0.629. The van der Waals surface area contributed by atoms with Crippen molar-refractivity contribution >= 4 is 31.3 Å². The molecule has 1 aromatic rings. The normalized spacial score (nSPS) is 18.7. The summed E-state index contributed by atoms with van der Waals surface area (Å²) < 4.78 is 6.60. The van der Waals surface area contributed by atoms with Crippen molar-refractivity contribution in [2.45, 2.75) is 64.8 Å². The van der Waals surface area contributed by atoms with Crippen molar-refractivity contribution in [1.29, 1.82) is 0 Å². The van der Waals surface area contributed by atoms with Crippen molar-refractivity contribution in [2.75, 3.05) is 23.7 Å². The Labute approximate surface area is 153 Å². The maximum Gasteiger partial charge on any atom is 0.192 e. The van der Waals surface area contributed by atoms with Crippen LogP contribution in [-0.2, 0) is 4.43 Å². The summed E-state index contributed by atoms with van der Waals surface area (Å²) >= 11 is 6.01. The molecule has 1 aromatic carbocycles. The summed E-state index contributed by atoms with van der Waals surface area (Å²) in [7, 11) is -1.70. The first-order valence-electron chi connectivity index (χ1n) is 8.99. The minimum absolute atomic E-state index is 0.264. The Kier molecular flexibility index (Phi) is 5.93. The van der Waals surface area contributed by atoms with E-state index in [1.54, 1.807) is 0 Å². The van der Waals surface area contributed by atoms with Gasteiger partial charge in [0.25, 0.3) is 0 Å². The number of nitrogens with two attached hydrogens (primary N) is 1. The van der Waals surface area contributed by atoms with E-state index >= 15 is 0 Å². The summed E-state index contributed by atoms with van der Waals surface area (Å²) in [4.78, 5) is 2.38. The van der Waals surface area contributed by atoms with E-state index in [4.69, 9.17) is 21.8 Å². The van der Waals surface area contributed by atoms with Crippen LogP contribution in [-0.4, -0.2) is 27.5 Å². The molecule has 0 bridgehead atoms. The smallest absolute Gasteiger partial charge is 0.192 e. The Morgan fingerprint density at radius 1 is 1.25 bits per heavy atom. The Hall–Kier alpha value is -0.713. The van der Waals surface area contributed by atoms with Gasteiger partial charge in [0.1, 0.15) is 0 Å². The molecular weight excluding hydrogens is 336 g/mol. The summed E-state index contributed by atoms with van der Waals surface area (Å²) in [6.45, 7) is 15.9. The van der Waals surface area contributed by atoms with Crippen LogP contribution in [0.5, 0.6) is 0 Å². The van der Waals surface area contributed by atoms with E-state index in [0.29, 0.717) is 17.0 Å². The number of piperidine rings is 1. The van der Waals surface area contributed by atoms with Crippen LogP contribution in [0, 0.1) is 5.92 Å². The van der Waals surface area contributed by atoms with E-state index in [2.05, 4.69) is 45.7 Å². The van der Waals surface area contributed by atoms with Crippen LogP contribution in [0.25, 0.3) is 0 Å². The van der Waals surface area contributed by atoms with Gasteiger partial charge in [0.2, 0.25) is 0 Å². The number of halogens is 1. The van der Waals surface area contributed by atoms with Crippen molar-refractivity contribution in [3.8, 4) is 0 Å². The molecular formula is C19H33ClN2OSi. The highest BCUT2D eigenvalue weighted by atomic mass is 35.5. The summed E-state index contributed by atoms with van der Waals surface area (Å²) in [5.41, 5.74) is 8.01.